The first-order chi connectivity index (χ1) is 27.9. The van der Waals surface area contributed by atoms with Gasteiger partial charge in [-0.25, -0.2) is 0 Å². The Morgan fingerprint density at radius 3 is 1.81 bits per heavy atom. The Hall–Kier alpha value is -5.96. The summed E-state index contributed by atoms with van der Waals surface area (Å²) < 4.78 is 7.38. The third kappa shape index (κ3) is 6.22. The van der Waals surface area contributed by atoms with Gasteiger partial charge in [0.2, 0.25) is 6.71 Å². The van der Waals surface area contributed by atoms with Crippen LogP contribution in [0.15, 0.2) is 146 Å². The minimum Gasteiger partial charge on any atom is -0.653 e. The molecule has 1 aliphatic heterocycles. The first-order valence-electron chi connectivity index (χ1n) is 19.7. The normalized spacial score (nSPS) is 12.0. The van der Waals surface area contributed by atoms with Crippen LogP contribution in [-0.4, -0.2) is 23.4 Å². The second kappa shape index (κ2) is 15.1. The Bertz CT molecular complexity index is 2970. The Morgan fingerprint density at radius 2 is 1.16 bits per heavy atom. The summed E-state index contributed by atoms with van der Waals surface area (Å²) >= 11 is 0. The first kappa shape index (κ1) is 37.6. The second-order valence-corrected chi connectivity index (χ2v) is 15.5. The summed E-state index contributed by atoms with van der Waals surface area (Å²) in [4.78, 5) is 14.9. The quantitative estimate of drug-likeness (QED) is 0.128. The molecule has 0 spiro atoms. The Kier molecular flexibility index (Phi) is 9.78. The van der Waals surface area contributed by atoms with E-state index in [-0.39, 0.29) is 34.5 Å². The fourth-order valence-electron chi connectivity index (χ4n) is 9.28. The monoisotopic (exact) mass is 926 g/mol. The summed E-state index contributed by atoms with van der Waals surface area (Å²) in [5.74, 6) is 1.37. The van der Waals surface area contributed by atoms with Crippen LogP contribution in [0.5, 0.6) is 11.5 Å². The van der Waals surface area contributed by atoms with Crippen molar-refractivity contribution in [3.05, 3.63) is 180 Å². The molecule has 0 radical (unpaired) electrons. The molecule has 0 atom stereocenters. The van der Waals surface area contributed by atoms with Gasteiger partial charge >= 0.3 is 21.1 Å². The molecule has 0 fully saturated rings. The molecule has 280 valence electrons. The van der Waals surface area contributed by atoms with Gasteiger partial charge in [-0.15, -0.1) is 22.6 Å². The number of nitrogens with zero attached hydrogens (tertiary/aromatic N) is 3. The standard InChI is InChI=1S/C51H39B2N3O.Pt/c1-31-25-26-43(55-30-31)36-28-42-49(46(29-36)57-45-24-13-19-38-37-18-12-20-39(50(37)56-51(38)45)44-23-8-9-27-54-44)53(48-34(4)16-11-17-35(48)5)41-22-7-6-21-40(41)52(42)47-32(2)14-10-15-33(47)3;/h6-28,30H,1-5H3;/q-2;+2. The molecule has 4 nitrogen and oxygen atoms in total. The number of para-hydroxylation sites is 2. The molecular formula is C51H39B2N3OPt. The summed E-state index contributed by atoms with van der Waals surface area (Å²) in [6.07, 6.45) is 3.76. The van der Waals surface area contributed by atoms with Crippen LogP contribution in [0.25, 0.3) is 44.3 Å². The Labute approximate surface area is 355 Å². The van der Waals surface area contributed by atoms with Gasteiger partial charge in [-0.2, -0.15) is 5.46 Å². The second-order valence-electron chi connectivity index (χ2n) is 15.5. The van der Waals surface area contributed by atoms with Gasteiger partial charge in [0.15, 0.2) is 6.71 Å². The number of hydrogen-bond donors (Lipinski definition) is 0. The number of aromatic nitrogens is 3. The van der Waals surface area contributed by atoms with Crippen molar-refractivity contribution in [1.29, 1.82) is 0 Å². The molecule has 0 bridgehead atoms. The zero-order valence-corrected chi connectivity index (χ0v) is 35.3. The number of ether oxygens (including phenoxy) is 1. The van der Waals surface area contributed by atoms with E-state index in [9.17, 15) is 0 Å². The molecule has 1 aliphatic rings. The van der Waals surface area contributed by atoms with Gasteiger partial charge in [-0.05, 0) is 80.4 Å². The zero-order valence-electron chi connectivity index (χ0n) is 33.1. The fourth-order valence-corrected chi connectivity index (χ4v) is 9.28. The first-order valence-corrected chi connectivity index (χ1v) is 19.7. The molecule has 9 aromatic rings. The molecule has 0 saturated heterocycles. The maximum absolute atomic E-state index is 7.38. The van der Waals surface area contributed by atoms with Crippen molar-refractivity contribution in [1.82, 2.24) is 15.0 Å². The van der Waals surface area contributed by atoms with Crippen molar-refractivity contribution >= 4 is 68.0 Å². The van der Waals surface area contributed by atoms with Crippen molar-refractivity contribution in [3.8, 4) is 34.0 Å². The Balaban J connectivity index is 0.00000436. The van der Waals surface area contributed by atoms with Crippen molar-refractivity contribution in [2.75, 3.05) is 0 Å². The van der Waals surface area contributed by atoms with Gasteiger partial charge in [-0.1, -0.05) is 165 Å². The van der Waals surface area contributed by atoms with Gasteiger partial charge in [-0.3, -0.25) is 4.98 Å². The fraction of sp³-hybridized carbons (Fsp3) is 0.0980. The molecule has 6 aromatic carbocycles. The molecule has 0 saturated carbocycles. The number of hydrogen-bond acceptors (Lipinski definition) is 3. The molecule has 0 N–H and O–H groups in total. The number of benzene rings is 6. The van der Waals surface area contributed by atoms with E-state index in [2.05, 4.69) is 155 Å². The van der Waals surface area contributed by atoms with E-state index in [0.29, 0.717) is 11.5 Å². The molecule has 0 unspecified atom stereocenters. The summed E-state index contributed by atoms with van der Waals surface area (Å²) in [7, 11) is 0. The van der Waals surface area contributed by atoms with Crippen LogP contribution >= 0.6 is 0 Å². The van der Waals surface area contributed by atoms with Gasteiger partial charge in [0.25, 0.3) is 0 Å². The summed E-state index contributed by atoms with van der Waals surface area (Å²) in [6, 6.07) is 51.2. The third-order valence-corrected chi connectivity index (χ3v) is 11.9. The van der Waals surface area contributed by atoms with Gasteiger partial charge < -0.3 is 14.7 Å². The van der Waals surface area contributed by atoms with E-state index in [0.717, 1.165) is 55.3 Å². The van der Waals surface area contributed by atoms with Gasteiger partial charge in [0, 0.05) is 18.1 Å². The summed E-state index contributed by atoms with van der Waals surface area (Å²) in [5.41, 5.74) is 19.0. The van der Waals surface area contributed by atoms with Crippen LogP contribution in [-0.2, 0) is 21.1 Å². The largest absolute Gasteiger partial charge is 2.00 e. The van der Waals surface area contributed by atoms with E-state index in [4.69, 9.17) is 14.7 Å². The molecule has 0 aliphatic carbocycles. The molecular weight excluding hydrogens is 887 g/mol. The Morgan fingerprint density at radius 1 is 0.534 bits per heavy atom. The molecule has 3 aromatic heterocycles. The topological polar surface area (TPSA) is 49.1 Å². The number of rotatable bonds is 6. The average Bonchev–Trinajstić information content (AvgIpc) is 3.62. The minimum absolute atomic E-state index is 0. The minimum atomic E-state index is -0.106. The van der Waals surface area contributed by atoms with E-state index < -0.39 is 0 Å². The number of aryl methyl sites for hydroxylation is 5. The SMILES string of the molecule is Cc1ccc(-c2[c-]c(Oc3cccc4c3[n-]c3c(-c5ccccn5)cccc34)c3c(c2)B(c2c(C)cccc2C)c2ccccc2B3c2c(C)cccc2C)nc1.[Pt+2]. The van der Waals surface area contributed by atoms with Crippen molar-refractivity contribution in [2.24, 2.45) is 0 Å². The van der Waals surface area contributed by atoms with E-state index >= 15 is 0 Å². The smallest absolute Gasteiger partial charge is 0.653 e. The maximum atomic E-state index is 7.38. The number of pyridine rings is 2. The van der Waals surface area contributed by atoms with Crippen molar-refractivity contribution < 1.29 is 25.8 Å². The van der Waals surface area contributed by atoms with Crippen LogP contribution in [0.2, 0.25) is 0 Å². The maximum Gasteiger partial charge on any atom is 2.00 e. The third-order valence-electron chi connectivity index (χ3n) is 11.9. The molecule has 0 amide bonds. The van der Waals surface area contributed by atoms with Crippen molar-refractivity contribution in [3.63, 3.8) is 0 Å². The predicted molar refractivity (Wildman–Crippen MR) is 239 cm³/mol. The average molecular weight is 927 g/mol. The van der Waals surface area contributed by atoms with Crippen LogP contribution in [0, 0.1) is 40.7 Å². The van der Waals surface area contributed by atoms with Crippen LogP contribution < -0.4 is 42.5 Å². The van der Waals surface area contributed by atoms with Crippen LogP contribution in [0.4, 0.5) is 0 Å². The van der Waals surface area contributed by atoms with E-state index in [1.807, 2.05) is 36.7 Å². The zero-order chi connectivity index (χ0) is 38.8. The van der Waals surface area contributed by atoms with Gasteiger partial charge in [0.05, 0.1) is 5.69 Å². The molecule has 10 rings (SSSR count). The summed E-state index contributed by atoms with van der Waals surface area (Å²) in [5, 5.41) is 2.11. The molecule has 7 heteroatoms. The molecule has 58 heavy (non-hydrogen) atoms. The summed E-state index contributed by atoms with van der Waals surface area (Å²) in [6.45, 7) is 10.9. The van der Waals surface area contributed by atoms with Crippen molar-refractivity contribution in [2.45, 2.75) is 34.6 Å². The van der Waals surface area contributed by atoms with Crippen LogP contribution in [0.1, 0.15) is 27.8 Å². The van der Waals surface area contributed by atoms with Gasteiger partial charge in [0.1, 0.15) is 5.75 Å². The molecule has 4 heterocycles. The van der Waals surface area contributed by atoms with Crippen LogP contribution in [0.3, 0.4) is 0 Å². The van der Waals surface area contributed by atoms with E-state index in [1.165, 1.54) is 49.6 Å². The van der Waals surface area contributed by atoms with E-state index in [1.54, 1.807) is 0 Å². The number of fused-ring (bicyclic) bond motifs is 5. The predicted octanol–water partition coefficient (Wildman–Crippen LogP) is 7.55.